The van der Waals surface area contributed by atoms with Gasteiger partial charge in [-0.05, 0) is 24.1 Å². The number of amides is 1. The minimum atomic E-state index is -0.535. The van der Waals surface area contributed by atoms with Gasteiger partial charge in [0.2, 0.25) is 0 Å². The predicted octanol–water partition coefficient (Wildman–Crippen LogP) is 2.30. The minimum Gasteiger partial charge on any atom is -0.374 e. The summed E-state index contributed by atoms with van der Waals surface area (Å²) in [6, 6.07) is 5.47. The molecule has 1 aromatic rings. The van der Waals surface area contributed by atoms with Crippen molar-refractivity contribution < 1.29 is 9.59 Å². The second-order valence-corrected chi connectivity index (χ2v) is 4.91. The summed E-state index contributed by atoms with van der Waals surface area (Å²) in [4.78, 5) is 24.9. The van der Waals surface area contributed by atoms with E-state index >= 15 is 0 Å². The molecule has 0 bridgehead atoms. The molecule has 4 heteroatoms. The zero-order valence-electron chi connectivity index (χ0n) is 11.0. The molecule has 1 N–H and O–H groups in total. The lowest BCUT2D eigenvalue weighted by Crippen LogP contribution is -2.23. The van der Waals surface area contributed by atoms with Crippen LogP contribution < -0.4 is 10.2 Å². The second kappa shape index (κ2) is 4.80. The van der Waals surface area contributed by atoms with Crippen molar-refractivity contribution in [2.24, 2.45) is 5.92 Å². The van der Waals surface area contributed by atoms with Crippen molar-refractivity contribution >= 4 is 23.1 Å². The standard InChI is InChI=1S/C14H18N2O2/c1-4-9(2)8-16(3)10-5-6-11-12(7-10)15-14(18)13(11)17/h5-7,9H,4,8H2,1-3H3,(H,15,17,18). The molecular weight excluding hydrogens is 228 g/mol. The van der Waals surface area contributed by atoms with E-state index in [-0.39, 0.29) is 0 Å². The first-order valence-electron chi connectivity index (χ1n) is 6.23. The lowest BCUT2D eigenvalue weighted by molar-refractivity contribution is -0.112. The van der Waals surface area contributed by atoms with Crippen LogP contribution in [0, 0.1) is 5.92 Å². The number of hydrogen-bond acceptors (Lipinski definition) is 3. The Balaban J connectivity index is 2.20. The van der Waals surface area contributed by atoms with E-state index in [4.69, 9.17) is 0 Å². The maximum absolute atomic E-state index is 11.5. The number of carbonyl (C=O) groups is 2. The van der Waals surface area contributed by atoms with E-state index in [1.165, 1.54) is 0 Å². The number of nitrogens with zero attached hydrogens (tertiary/aromatic N) is 1. The molecule has 0 aromatic heterocycles. The number of anilines is 2. The van der Waals surface area contributed by atoms with Crippen molar-refractivity contribution in [2.45, 2.75) is 20.3 Å². The molecule has 1 atom stereocenters. The average molecular weight is 246 g/mol. The first kappa shape index (κ1) is 12.6. The van der Waals surface area contributed by atoms with Gasteiger partial charge in [-0.1, -0.05) is 20.3 Å². The molecule has 1 unspecified atom stereocenters. The van der Waals surface area contributed by atoms with Gasteiger partial charge in [0.25, 0.3) is 11.7 Å². The summed E-state index contributed by atoms with van der Waals surface area (Å²) in [5, 5.41) is 2.59. The largest absolute Gasteiger partial charge is 0.374 e. The maximum atomic E-state index is 11.5. The first-order chi connectivity index (χ1) is 8.52. The van der Waals surface area contributed by atoms with Gasteiger partial charge in [-0.3, -0.25) is 9.59 Å². The molecule has 4 nitrogen and oxygen atoms in total. The summed E-state index contributed by atoms with van der Waals surface area (Å²) in [7, 11) is 2.02. The number of ketones is 1. The van der Waals surface area contributed by atoms with E-state index in [1.54, 1.807) is 6.07 Å². The van der Waals surface area contributed by atoms with Gasteiger partial charge in [-0.25, -0.2) is 0 Å². The highest BCUT2D eigenvalue weighted by atomic mass is 16.2. The zero-order valence-corrected chi connectivity index (χ0v) is 11.0. The van der Waals surface area contributed by atoms with Gasteiger partial charge in [0.15, 0.2) is 0 Å². The smallest absolute Gasteiger partial charge is 0.296 e. The maximum Gasteiger partial charge on any atom is 0.296 e. The number of carbonyl (C=O) groups excluding carboxylic acids is 2. The molecule has 1 heterocycles. The molecule has 1 aliphatic heterocycles. The Labute approximate surface area is 107 Å². The molecule has 0 saturated heterocycles. The average Bonchev–Trinajstić information content (AvgIpc) is 2.64. The van der Waals surface area contributed by atoms with Crippen molar-refractivity contribution in [1.29, 1.82) is 0 Å². The SMILES string of the molecule is CCC(C)CN(C)c1ccc2c(c1)NC(=O)C2=O. The lowest BCUT2D eigenvalue weighted by Gasteiger charge is -2.23. The fourth-order valence-corrected chi connectivity index (χ4v) is 2.07. The Hall–Kier alpha value is -1.84. The molecular formula is C14H18N2O2. The van der Waals surface area contributed by atoms with E-state index in [1.807, 2.05) is 19.2 Å². The number of rotatable bonds is 4. The van der Waals surface area contributed by atoms with Crippen LogP contribution >= 0.6 is 0 Å². The highest BCUT2D eigenvalue weighted by Crippen LogP contribution is 2.28. The monoisotopic (exact) mass is 246 g/mol. The normalized spacial score (nSPS) is 15.3. The van der Waals surface area contributed by atoms with Crippen LogP contribution in [0.4, 0.5) is 11.4 Å². The molecule has 18 heavy (non-hydrogen) atoms. The van der Waals surface area contributed by atoms with Gasteiger partial charge < -0.3 is 10.2 Å². The van der Waals surface area contributed by atoms with E-state index in [0.717, 1.165) is 18.7 Å². The molecule has 2 rings (SSSR count). The summed E-state index contributed by atoms with van der Waals surface area (Å²) in [6.07, 6.45) is 1.13. The number of Topliss-reactive ketones (excluding diaryl/α,β-unsaturated/α-hetero) is 1. The fraction of sp³-hybridized carbons (Fsp3) is 0.429. The predicted molar refractivity (Wildman–Crippen MR) is 72.1 cm³/mol. The van der Waals surface area contributed by atoms with Crippen molar-refractivity contribution in [3.8, 4) is 0 Å². The van der Waals surface area contributed by atoms with E-state index < -0.39 is 11.7 Å². The van der Waals surface area contributed by atoms with E-state index in [2.05, 4.69) is 24.1 Å². The van der Waals surface area contributed by atoms with Crippen LogP contribution in [0.3, 0.4) is 0 Å². The molecule has 96 valence electrons. The highest BCUT2D eigenvalue weighted by molar-refractivity contribution is 6.51. The van der Waals surface area contributed by atoms with Gasteiger partial charge in [0.1, 0.15) is 0 Å². The summed E-state index contributed by atoms with van der Waals surface area (Å²) >= 11 is 0. The van der Waals surface area contributed by atoms with Gasteiger partial charge in [0.05, 0.1) is 11.3 Å². The van der Waals surface area contributed by atoms with Gasteiger partial charge in [-0.2, -0.15) is 0 Å². The number of nitrogens with one attached hydrogen (secondary N) is 1. The van der Waals surface area contributed by atoms with Crippen LogP contribution in [0.25, 0.3) is 0 Å². The van der Waals surface area contributed by atoms with Gasteiger partial charge in [-0.15, -0.1) is 0 Å². The molecule has 0 spiro atoms. The van der Waals surface area contributed by atoms with Crippen molar-refractivity contribution in [3.05, 3.63) is 23.8 Å². The summed E-state index contributed by atoms with van der Waals surface area (Å²) < 4.78 is 0. The highest BCUT2D eigenvalue weighted by Gasteiger charge is 2.28. The number of hydrogen-bond donors (Lipinski definition) is 1. The van der Waals surface area contributed by atoms with Crippen LogP contribution in [0.1, 0.15) is 30.6 Å². The molecule has 0 radical (unpaired) electrons. The second-order valence-electron chi connectivity index (χ2n) is 4.91. The third-order valence-electron chi connectivity index (χ3n) is 3.43. The van der Waals surface area contributed by atoms with Gasteiger partial charge in [0, 0.05) is 19.3 Å². The van der Waals surface area contributed by atoms with Crippen molar-refractivity contribution in [2.75, 3.05) is 23.8 Å². The molecule has 1 aliphatic rings. The third kappa shape index (κ3) is 2.23. The molecule has 0 fully saturated rings. The summed E-state index contributed by atoms with van der Waals surface area (Å²) in [6.45, 7) is 5.33. The fourth-order valence-electron chi connectivity index (χ4n) is 2.07. The Morgan fingerprint density at radius 3 is 2.72 bits per heavy atom. The van der Waals surface area contributed by atoms with E-state index in [9.17, 15) is 9.59 Å². The topological polar surface area (TPSA) is 49.4 Å². The summed E-state index contributed by atoms with van der Waals surface area (Å²) in [5.41, 5.74) is 2.11. The lowest BCUT2D eigenvalue weighted by atomic mass is 10.1. The molecule has 0 aliphatic carbocycles. The Morgan fingerprint density at radius 1 is 1.33 bits per heavy atom. The van der Waals surface area contributed by atoms with Crippen LogP contribution in [0.5, 0.6) is 0 Å². The van der Waals surface area contributed by atoms with Crippen LogP contribution in [-0.4, -0.2) is 25.3 Å². The first-order valence-corrected chi connectivity index (χ1v) is 6.23. The Bertz CT molecular complexity index is 497. The Morgan fingerprint density at radius 2 is 2.06 bits per heavy atom. The van der Waals surface area contributed by atoms with Crippen molar-refractivity contribution in [1.82, 2.24) is 0 Å². The minimum absolute atomic E-state index is 0.443. The van der Waals surface area contributed by atoms with E-state index in [0.29, 0.717) is 17.2 Å². The third-order valence-corrected chi connectivity index (χ3v) is 3.43. The number of benzene rings is 1. The van der Waals surface area contributed by atoms with Crippen LogP contribution in [-0.2, 0) is 4.79 Å². The van der Waals surface area contributed by atoms with Crippen LogP contribution in [0.2, 0.25) is 0 Å². The quantitative estimate of drug-likeness (QED) is 0.829. The molecule has 1 aromatic carbocycles. The zero-order chi connectivity index (χ0) is 13.3. The van der Waals surface area contributed by atoms with Crippen LogP contribution in [0.15, 0.2) is 18.2 Å². The Kier molecular flexibility index (Phi) is 3.36. The summed E-state index contributed by atoms with van der Waals surface area (Å²) in [5.74, 6) is -0.368. The van der Waals surface area contributed by atoms with Crippen molar-refractivity contribution in [3.63, 3.8) is 0 Å². The molecule has 1 amide bonds. The van der Waals surface area contributed by atoms with Gasteiger partial charge >= 0.3 is 0 Å². The molecule has 0 saturated carbocycles. The number of fused-ring (bicyclic) bond motifs is 1.